The molecule has 0 aliphatic heterocycles. The van der Waals surface area contributed by atoms with Crippen molar-refractivity contribution in [2.24, 2.45) is 0 Å². The summed E-state index contributed by atoms with van der Waals surface area (Å²) in [5.74, 6) is 0.762. The molecule has 2 aromatic rings. The average molecular weight is 310 g/mol. The third-order valence-electron chi connectivity index (χ3n) is 2.34. The molecule has 2 rings (SSSR count). The second kappa shape index (κ2) is 5.30. The van der Waals surface area contributed by atoms with E-state index in [1.54, 1.807) is 13.0 Å². The summed E-state index contributed by atoms with van der Waals surface area (Å²) < 4.78 is 5.68. The van der Waals surface area contributed by atoms with Crippen LogP contribution in [0.25, 0.3) is 0 Å². The van der Waals surface area contributed by atoms with Gasteiger partial charge in [-0.05, 0) is 47.5 Å². The Morgan fingerprint density at radius 3 is 2.83 bits per heavy atom. The highest BCUT2D eigenvalue weighted by Gasteiger charge is 2.11. The monoisotopic (exact) mass is 309 g/mol. The Morgan fingerprint density at radius 2 is 2.22 bits per heavy atom. The van der Waals surface area contributed by atoms with Crippen LogP contribution in [0.1, 0.15) is 27.6 Å². The lowest BCUT2D eigenvalue weighted by Gasteiger charge is -2.05. The number of aryl methyl sites for hydroxylation is 2. The Bertz CT molecular complexity index is 580. The lowest BCUT2D eigenvalue weighted by atomic mass is 10.1. The first-order valence-corrected chi connectivity index (χ1v) is 6.19. The molecule has 0 spiro atoms. The maximum atomic E-state index is 11.9. The van der Waals surface area contributed by atoms with Gasteiger partial charge in [0.25, 0.3) is 5.91 Å². The Morgan fingerprint density at radius 1 is 1.44 bits per heavy atom. The summed E-state index contributed by atoms with van der Waals surface area (Å²) >= 11 is 3.37. The van der Waals surface area contributed by atoms with Gasteiger partial charge in [-0.15, -0.1) is 0 Å². The van der Waals surface area contributed by atoms with Crippen molar-refractivity contribution in [3.05, 3.63) is 45.5 Å². The van der Waals surface area contributed by atoms with E-state index < -0.39 is 0 Å². The second-order valence-electron chi connectivity index (χ2n) is 3.90. The molecule has 94 valence electrons. The number of hydrogen-bond donors (Lipinski definition) is 1. The molecule has 1 aromatic carbocycles. The molecule has 0 radical (unpaired) electrons. The smallest absolute Gasteiger partial charge is 0.252 e. The number of hydrogen-bond acceptors (Lipinski definition) is 4. The molecule has 0 bridgehead atoms. The highest BCUT2D eigenvalue weighted by atomic mass is 79.9. The summed E-state index contributed by atoms with van der Waals surface area (Å²) in [5.41, 5.74) is 1.67. The van der Waals surface area contributed by atoms with Crippen molar-refractivity contribution in [1.82, 2.24) is 15.5 Å². The van der Waals surface area contributed by atoms with E-state index in [0.29, 0.717) is 17.3 Å². The van der Waals surface area contributed by atoms with E-state index in [4.69, 9.17) is 4.52 Å². The Balaban J connectivity index is 2.03. The van der Waals surface area contributed by atoms with Gasteiger partial charge in [-0.25, -0.2) is 0 Å². The highest BCUT2D eigenvalue weighted by Crippen LogP contribution is 2.18. The number of carbonyl (C=O) groups is 1. The van der Waals surface area contributed by atoms with Gasteiger partial charge in [0.05, 0.1) is 12.1 Å². The Labute approximate surface area is 113 Å². The molecule has 6 heteroatoms. The third-order valence-corrected chi connectivity index (χ3v) is 3.00. The fraction of sp³-hybridized carbons (Fsp3) is 0.250. The summed E-state index contributed by atoms with van der Waals surface area (Å²) in [6.45, 7) is 3.92. The number of nitrogens with one attached hydrogen (secondary N) is 1. The fourth-order valence-electron chi connectivity index (χ4n) is 1.47. The molecular weight excluding hydrogens is 298 g/mol. The van der Waals surface area contributed by atoms with Gasteiger partial charge in [-0.1, -0.05) is 11.2 Å². The maximum absolute atomic E-state index is 11.9. The van der Waals surface area contributed by atoms with Crippen molar-refractivity contribution < 1.29 is 9.32 Å². The maximum Gasteiger partial charge on any atom is 0.252 e. The Kier molecular flexibility index (Phi) is 3.76. The number of aromatic nitrogens is 2. The van der Waals surface area contributed by atoms with Crippen LogP contribution in [0.3, 0.4) is 0 Å². The highest BCUT2D eigenvalue weighted by molar-refractivity contribution is 9.10. The minimum atomic E-state index is -0.183. The minimum absolute atomic E-state index is 0.183. The summed E-state index contributed by atoms with van der Waals surface area (Å²) in [4.78, 5) is 15.9. The summed E-state index contributed by atoms with van der Waals surface area (Å²) in [6, 6.07) is 5.55. The number of amides is 1. The summed E-state index contributed by atoms with van der Waals surface area (Å²) in [7, 11) is 0. The number of nitrogens with zero attached hydrogens (tertiary/aromatic N) is 2. The lowest BCUT2D eigenvalue weighted by Crippen LogP contribution is -2.23. The van der Waals surface area contributed by atoms with Crippen molar-refractivity contribution in [3.63, 3.8) is 0 Å². The molecule has 0 aliphatic rings. The molecule has 0 aliphatic carbocycles. The minimum Gasteiger partial charge on any atom is -0.343 e. The molecule has 0 saturated heterocycles. The van der Waals surface area contributed by atoms with Crippen LogP contribution in [0.5, 0.6) is 0 Å². The van der Waals surface area contributed by atoms with E-state index in [1.807, 2.05) is 19.1 Å². The van der Waals surface area contributed by atoms with E-state index in [2.05, 4.69) is 31.4 Å². The van der Waals surface area contributed by atoms with Gasteiger partial charge in [-0.2, -0.15) is 4.98 Å². The molecule has 1 heterocycles. The number of benzene rings is 1. The molecule has 1 N–H and O–H groups in total. The van der Waals surface area contributed by atoms with Crippen LogP contribution in [0.2, 0.25) is 0 Å². The zero-order chi connectivity index (χ0) is 13.1. The van der Waals surface area contributed by atoms with E-state index in [9.17, 15) is 4.79 Å². The standard InChI is InChI=1S/C12H12BrN3O2/c1-7-3-4-9(10(13)5-7)12(17)14-6-11-15-8(2)16-18-11/h3-5H,6H2,1-2H3,(H,14,17). The molecule has 5 nitrogen and oxygen atoms in total. The molecule has 0 unspecified atom stereocenters. The molecule has 0 saturated carbocycles. The summed E-state index contributed by atoms with van der Waals surface area (Å²) in [6.07, 6.45) is 0. The van der Waals surface area contributed by atoms with Gasteiger partial charge in [-0.3, -0.25) is 4.79 Å². The van der Waals surface area contributed by atoms with Crippen molar-refractivity contribution in [2.75, 3.05) is 0 Å². The van der Waals surface area contributed by atoms with Gasteiger partial charge in [0.15, 0.2) is 5.82 Å². The van der Waals surface area contributed by atoms with Crippen LogP contribution in [-0.4, -0.2) is 16.0 Å². The Hall–Kier alpha value is -1.69. The van der Waals surface area contributed by atoms with Crippen LogP contribution < -0.4 is 5.32 Å². The molecule has 18 heavy (non-hydrogen) atoms. The summed E-state index contributed by atoms with van der Waals surface area (Å²) in [5, 5.41) is 6.37. The zero-order valence-corrected chi connectivity index (χ0v) is 11.6. The number of carbonyl (C=O) groups excluding carboxylic acids is 1. The van der Waals surface area contributed by atoms with Crippen LogP contribution in [0.4, 0.5) is 0 Å². The number of rotatable bonds is 3. The molecule has 1 amide bonds. The molecule has 0 atom stereocenters. The van der Waals surface area contributed by atoms with Crippen molar-refractivity contribution >= 4 is 21.8 Å². The zero-order valence-electron chi connectivity index (χ0n) is 10.0. The lowest BCUT2D eigenvalue weighted by molar-refractivity contribution is 0.0945. The van der Waals surface area contributed by atoms with Gasteiger partial charge < -0.3 is 9.84 Å². The number of halogens is 1. The van der Waals surface area contributed by atoms with E-state index in [0.717, 1.165) is 10.0 Å². The van der Waals surface area contributed by atoms with Crippen LogP contribution >= 0.6 is 15.9 Å². The van der Waals surface area contributed by atoms with Gasteiger partial charge in [0, 0.05) is 4.47 Å². The quantitative estimate of drug-likeness (QED) is 0.945. The predicted octanol–water partition coefficient (Wildman–Crippen LogP) is 2.38. The first-order valence-electron chi connectivity index (χ1n) is 5.40. The van der Waals surface area contributed by atoms with Crippen LogP contribution in [-0.2, 0) is 6.54 Å². The van der Waals surface area contributed by atoms with E-state index in [1.165, 1.54) is 0 Å². The van der Waals surface area contributed by atoms with Gasteiger partial charge >= 0.3 is 0 Å². The van der Waals surface area contributed by atoms with Crippen molar-refractivity contribution in [1.29, 1.82) is 0 Å². The second-order valence-corrected chi connectivity index (χ2v) is 4.76. The first kappa shape index (κ1) is 12.8. The molecule has 1 aromatic heterocycles. The predicted molar refractivity (Wildman–Crippen MR) is 69.1 cm³/mol. The van der Waals surface area contributed by atoms with Crippen molar-refractivity contribution in [3.8, 4) is 0 Å². The fourth-order valence-corrected chi connectivity index (χ4v) is 2.14. The molecule has 0 fully saturated rings. The SMILES string of the molecule is Cc1ccc(C(=O)NCc2nc(C)no2)c(Br)c1. The first-order chi connectivity index (χ1) is 8.56. The largest absolute Gasteiger partial charge is 0.343 e. The molecular formula is C12H12BrN3O2. The topological polar surface area (TPSA) is 68.0 Å². The van der Waals surface area contributed by atoms with E-state index >= 15 is 0 Å². The van der Waals surface area contributed by atoms with Crippen LogP contribution in [0.15, 0.2) is 27.2 Å². The van der Waals surface area contributed by atoms with Crippen LogP contribution in [0, 0.1) is 13.8 Å². The average Bonchev–Trinajstić information content (AvgIpc) is 2.72. The third kappa shape index (κ3) is 2.95. The van der Waals surface area contributed by atoms with Crippen molar-refractivity contribution in [2.45, 2.75) is 20.4 Å². The normalized spacial score (nSPS) is 10.4. The van der Waals surface area contributed by atoms with E-state index in [-0.39, 0.29) is 12.5 Å². The van der Waals surface area contributed by atoms with Gasteiger partial charge in [0.1, 0.15) is 0 Å². The van der Waals surface area contributed by atoms with Gasteiger partial charge in [0.2, 0.25) is 5.89 Å².